The van der Waals surface area contributed by atoms with E-state index in [2.05, 4.69) is 37.2 Å². The molecule has 0 bridgehead atoms. The van der Waals surface area contributed by atoms with E-state index in [1.165, 1.54) is 19.2 Å². The summed E-state index contributed by atoms with van der Waals surface area (Å²) >= 11 is 6.44. The molecule has 9 heteroatoms. The van der Waals surface area contributed by atoms with Crippen LogP contribution in [-0.4, -0.2) is 29.1 Å². The van der Waals surface area contributed by atoms with Crippen molar-refractivity contribution in [3.05, 3.63) is 26.7 Å². The van der Waals surface area contributed by atoms with E-state index in [9.17, 15) is 14.9 Å². The average molecular weight is 426 g/mol. The Labute approximate surface area is 138 Å². The molecule has 1 N–H and O–H groups in total. The summed E-state index contributed by atoms with van der Waals surface area (Å²) in [6.07, 6.45) is 0. The molecular formula is C12H14Br2N2O5. The summed E-state index contributed by atoms with van der Waals surface area (Å²) in [4.78, 5) is 22.4. The van der Waals surface area contributed by atoms with Crippen LogP contribution in [-0.2, 0) is 9.53 Å². The fourth-order valence-corrected chi connectivity index (χ4v) is 1.92. The standard InChI is InChI=1S/C12H14Br2N2O5/c1-12(2,14)11(17)15-10-8(13)4-7(16(18)19)5-9(10)21-6-20-3/h4-5H,6H2,1-3H3,(H,15,17). The molecule has 1 amide bonds. The number of hydrogen-bond acceptors (Lipinski definition) is 5. The van der Waals surface area contributed by atoms with E-state index < -0.39 is 9.25 Å². The van der Waals surface area contributed by atoms with Crippen molar-refractivity contribution >= 4 is 49.1 Å². The Balaban J connectivity index is 3.22. The highest BCUT2D eigenvalue weighted by Gasteiger charge is 2.26. The topological polar surface area (TPSA) is 90.7 Å². The highest BCUT2D eigenvalue weighted by atomic mass is 79.9. The minimum absolute atomic E-state index is 0.103. The highest BCUT2D eigenvalue weighted by Crippen LogP contribution is 2.38. The third kappa shape index (κ3) is 4.94. The third-order valence-corrected chi connectivity index (χ3v) is 3.35. The molecule has 0 saturated heterocycles. The smallest absolute Gasteiger partial charge is 0.274 e. The first-order chi connectivity index (χ1) is 9.66. The molecular weight excluding hydrogens is 412 g/mol. The Bertz CT molecular complexity index is 557. The Hall–Kier alpha value is -1.19. The molecule has 21 heavy (non-hydrogen) atoms. The van der Waals surface area contributed by atoms with Crippen molar-refractivity contribution in [3.63, 3.8) is 0 Å². The summed E-state index contributed by atoms with van der Waals surface area (Å²) in [5.74, 6) is -0.178. The van der Waals surface area contributed by atoms with E-state index in [4.69, 9.17) is 9.47 Å². The van der Waals surface area contributed by atoms with Crippen molar-refractivity contribution in [2.75, 3.05) is 19.2 Å². The number of nitro groups is 1. The van der Waals surface area contributed by atoms with E-state index in [1.807, 2.05) is 0 Å². The van der Waals surface area contributed by atoms with Crippen LogP contribution in [0, 0.1) is 10.1 Å². The number of non-ortho nitro benzene ring substituents is 1. The van der Waals surface area contributed by atoms with Gasteiger partial charge in [0.2, 0.25) is 5.91 Å². The van der Waals surface area contributed by atoms with Crippen LogP contribution in [0.25, 0.3) is 0 Å². The van der Waals surface area contributed by atoms with Crippen molar-refractivity contribution in [2.45, 2.75) is 18.2 Å². The van der Waals surface area contributed by atoms with Crippen molar-refractivity contribution in [2.24, 2.45) is 0 Å². The summed E-state index contributed by atoms with van der Waals surface area (Å²) in [6.45, 7) is 3.25. The zero-order valence-electron chi connectivity index (χ0n) is 11.6. The van der Waals surface area contributed by atoms with Crippen LogP contribution in [0.3, 0.4) is 0 Å². The average Bonchev–Trinajstić information content (AvgIpc) is 2.37. The summed E-state index contributed by atoms with van der Waals surface area (Å²) in [5, 5.41) is 13.5. The van der Waals surface area contributed by atoms with E-state index in [-0.39, 0.29) is 24.1 Å². The first kappa shape index (κ1) is 17.9. The normalized spacial score (nSPS) is 11.1. The van der Waals surface area contributed by atoms with Gasteiger partial charge in [-0.2, -0.15) is 0 Å². The fourth-order valence-electron chi connectivity index (χ4n) is 1.29. The van der Waals surface area contributed by atoms with Gasteiger partial charge in [-0.3, -0.25) is 14.9 Å². The van der Waals surface area contributed by atoms with Crippen molar-refractivity contribution in [1.82, 2.24) is 0 Å². The van der Waals surface area contributed by atoms with Gasteiger partial charge in [0, 0.05) is 13.2 Å². The number of methoxy groups -OCH3 is 1. The largest absolute Gasteiger partial charge is 0.465 e. The minimum atomic E-state index is -0.799. The quantitative estimate of drug-likeness (QED) is 0.326. The van der Waals surface area contributed by atoms with Gasteiger partial charge >= 0.3 is 0 Å². The number of carbonyl (C=O) groups is 1. The number of nitrogens with one attached hydrogen (secondary N) is 1. The van der Waals surface area contributed by atoms with E-state index >= 15 is 0 Å². The number of amides is 1. The number of anilines is 1. The third-order valence-electron chi connectivity index (χ3n) is 2.36. The molecule has 1 rings (SSSR count). The maximum atomic E-state index is 12.0. The molecule has 0 aromatic heterocycles. The van der Waals surface area contributed by atoms with Crippen LogP contribution in [0.15, 0.2) is 16.6 Å². The van der Waals surface area contributed by atoms with Crippen molar-refractivity contribution in [3.8, 4) is 5.75 Å². The molecule has 0 fully saturated rings. The Morgan fingerprint density at radius 3 is 2.57 bits per heavy atom. The predicted octanol–water partition coefficient (Wildman–Crippen LogP) is 3.45. The van der Waals surface area contributed by atoms with Gasteiger partial charge < -0.3 is 14.8 Å². The van der Waals surface area contributed by atoms with E-state index in [0.29, 0.717) is 10.2 Å². The Morgan fingerprint density at radius 2 is 2.10 bits per heavy atom. The van der Waals surface area contributed by atoms with Crippen molar-refractivity contribution in [1.29, 1.82) is 0 Å². The van der Waals surface area contributed by atoms with Crippen LogP contribution in [0.5, 0.6) is 5.75 Å². The van der Waals surface area contributed by atoms with E-state index in [1.54, 1.807) is 13.8 Å². The summed E-state index contributed by atoms with van der Waals surface area (Å²) < 4.78 is 9.61. The number of hydrogen-bond donors (Lipinski definition) is 1. The molecule has 116 valence electrons. The number of nitrogens with zero attached hydrogens (tertiary/aromatic N) is 1. The summed E-state index contributed by atoms with van der Waals surface area (Å²) in [7, 11) is 1.42. The molecule has 0 heterocycles. The second-order valence-corrected chi connectivity index (χ2v) is 7.37. The van der Waals surface area contributed by atoms with Gasteiger partial charge in [-0.1, -0.05) is 15.9 Å². The molecule has 0 saturated carbocycles. The van der Waals surface area contributed by atoms with Crippen molar-refractivity contribution < 1.29 is 19.2 Å². The molecule has 1 aromatic rings. The Kier molecular flexibility index (Phi) is 6.11. The van der Waals surface area contributed by atoms with E-state index in [0.717, 1.165) is 0 Å². The maximum Gasteiger partial charge on any atom is 0.274 e. The number of ether oxygens (including phenoxy) is 2. The monoisotopic (exact) mass is 424 g/mol. The molecule has 0 spiro atoms. The second-order valence-electron chi connectivity index (χ2n) is 4.54. The molecule has 1 aromatic carbocycles. The number of carbonyl (C=O) groups excluding carboxylic acids is 1. The number of halogens is 2. The van der Waals surface area contributed by atoms with Gasteiger partial charge in [0.05, 0.1) is 25.5 Å². The van der Waals surface area contributed by atoms with Crippen LogP contribution >= 0.6 is 31.9 Å². The van der Waals surface area contributed by atoms with Gasteiger partial charge in [0.25, 0.3) is 5.69 Å². The summed E-state index contributed by atoms with van der Waals surface area (Å²) in [5.41, 5.74) is 0.138. The number of nitro benzene ring substituents is 1. The molecule has 7 nitrogen and oxygen atoms in total. The second kappa shape index (κ2) is 7.19. The lowest BCUT2D eigenvalue weighted by molar-refractivity contribution is -0.385. The fraction of sp³-hybridized carbons (Fsp3) is 0.417. The predicted molar refractivity (Wildman–Crippen MR) is 84.9 cm³/mol. The van der Waals surface area contributed by atoms with Gasteiger partial charge in [-0.25, -0.2) is 0 Å². The number of alkyl halides is 1. The lowest BCUT2D eigenvalue weighted by Gasteiger charge is -2.19. The molecule has 0 unspecified atom stereocenters. The number of benzene rings is 1. The van der Waals surface area contributed by atoms with Gasteiger partial charge in [0.1, 0.15) is 0 Å². The zero-order chi connectivity index (χ0) is 16.2. The van der Waals surface area contributed by atoms with Gasteiger partial charge in [-0.05, 0) is 29.8 Å². The number of rotatable bonds is 6. The summed E-state index contributed by atoms with van der Waals surface area (Å²) in [6, 6.07) is 2.51. The molecule has 0 radical (unpaired) electrons. The van der Waals surface area contributed by atoms with Gasteiger partial charge in [-0.15, -0.1) is 0 Å². The molecule has 0 atom stereocenters. The first-order valence-corrected chi connectivity index (χ1v) is 7.35. The van der Waals surface area contributed by atoms with Crippen LogP contribution < -0.4 is 10.1 Å². The van der Waals surface area contributed by atoms with Crippen LogP contribution in [0.2, 0.25) is 0 Å². The first-order valence-electron chi connectivity index (χ1n) is 5.77. The molecule has 0 aliphatic rings. The Morgan fingerprint density at radius 1 is 1.48 bits per heavy atom. The van der Waals surface area contributed by atoms with Crippen LogP contribution in [0.1, 0.15) is 13.8 Å². The van der Waals surface area contributed by atoms with Gasteiger partial charge in [0.15, 0.2) is 12.5 Å². The molecule has 0 aliphatic carbocycles. The highest BCUT2D eigenvalue weighted by molar-refractivity contribution is 9.10. The zero-order valence-corrected chi connectivity index (χ0v) is 14.8. The molecule has 0 aliphatic heterocycles. The SMILES string of the molecule is COCOc1cc([N+](=O)[O-])cc(Br)c1NC(=O)C(C)(C)Br. The van der Waals surface area contributed by atoms with Crippen LogP contribution in [0.4, 0.5) is 11.4 Å². The maximum absolute atomic E-state index is 12.0. The lowest BCUT2D eigenvalue weighted by atomic mass is 10.2. The lowest BCUT2D eigenvalue weighted by Crippen LogP contribution is -2.31. The minimum Gasteiger partial charge on any atom is -0.465 e.